The molecule has 0 radical (unpaired) electrons. The summed E-state index contributed by atoms with van der Waals surface area (Å²) in [7, 11) is 0. The van der Waals surface area contributed by atoms with E-state index in [4.69, 9.17) is 5.73 Å². The average Bonchev–Trinajstić information content (AvgIpc) is 3.09. The fraction of sp³-hybridized carbons (Fsp3) is 0.263. The van der Waals surface area contributed by atoms with Gasteiger partial charge in [-0.2, -0.15) is 0 Å². The number of nitrogens with one attached hydrogen (secondary N) is 1. The summed E-state index contributed by atoms with van der Waals surface area (Å²) in [6.45, 7) is 3.21. The Kier molecular flexibility index (Phi) is 4.91. The minimum atomic E-state index is -0.563. The smallest absolute Gasteiger partial charge is 0.255 e. The molecule has 0 unspecified atom stereocenters. The SMILES string of the molecule is NC(=O)c1ccccc1NC(=O)c1ccc(CN2CCCC2)cc1. The van der Waals surface area contributed by atoms with Gasteiger partial charge in [0.1, 0.15) is 0 Å². The van der Waals surface area contributed by atoms with Gasteiger partial charge in [-0.05, 0) is 55.8 Å². The van der Waals surface area contributed by atoms with E-state index in [1.54, 1.807) is 24.3 Å². The zero-order chi connectivity index (χ0) is 16.9. The van der Waals surface area contributed by atoms with E-state index < -0.39 is 5.91 Å². The standard InChI is InChI=1S/C19H21N3O2/c20-18(23)16-5-1-2-6-17(16)21-19(24)15-9-7-14(8-10-15)13-22-11-3-4-12-22/h1-2,5-10H,3-4,11-13H2,(H2,20,23)(H,21,24). The number of likely N-dealkylation sites (tertiary alicyclic amines) is 1. The number of anilines is 1. The maximum absolute atomic E-state index is 12.4. The highest BCUT2D eigenvalue weighted by atomic mass is 16.2. The van der Waals surface area contributed by atoms with Gasteiger partial charge in [0.05, 0.1) is 11.3 Å². The van der Waals surface area contributed by atoms with Crippen molar-refractivity contribution in [1.82, 2.24) is 4.90 Å². The van der Waals surface area contributed by atoms with Gasteiger partial charge in [-0.15, -0.1) is 0 Å². The van der Waals surface area contributed by atoms with E-state index in [2.05, 4.69) is 10.2 Å². The van der Waals surface area contributed by atoms with Gasteiger partial charge in [-0.1, -0.05) is 24.3 Å². The second kappa shape index (κ2) is 7.27. The van der Waals surface area contributed by atoms with Crippen molar-refractivity contribution >= 4 is 17.5 Å². The number of carbonyl (C=O) groups is 2. The predicted octanol–water partition coefficient (Wildman–Crippen LogP) is 2.63. The van der Waals surface area contributed by atoms with Crippen molar-refractivity contribution in [2.45, 2.75) is 19.4 Å². The summed E-state index contributed by atoms with van der Waals surface area (Å²) < 4.78 is 0. The maximum atomic E-state index is 12.4. The molecule has 0 aromatic heterocycles. The molecule has 0 spiro atoms. The van der Waals surface area contributed by atoms with E-state index in [0.717, 1.165) is 19.6 Å². The maximum Gasteiger partial charge on any atom is 0.255 e. The van der Waals surface area contributed by atoms with E-state index in [9.17, 15) is 9.59 Å². The van der Waals surface area contributed by atoms with Crippen LogP contribution in [-0.2, 0) is 6.54 Å². The molecule has 1 fully saturated rings. The van der Waals surface area contributed by atoms with Crippen molar-refractivity contribution < 1.29 is 9.59 Å². The third-order valence-electron chi connectivity index (χ3n) is 4.26. The fourth-order valence-corrected chi connectivity index (χ4v) is 2.96. The number of nitrogens with two attached hydrogens (primary N) is 1. The first kappa shape index (κ1) is 16.2. The molecule has 2 amide bonds. The molecule has 124 valence electrons. The van der Waals surface area contributed by atoms with Crippen molar-refractivity contribution in [3.8, 4) is 0 Å². The van der Waals surface area contributed by atoms with Gasteiger partial charge in [0, 0.05) is 12.1 Å². The van der Waals surface area contributed by atoms with Crippen LogP contribution in [0, 0.1) is 0 Å². The van der Waals surface area contributed by atoms with E-state index in [1.807, 2.05) is 24.3 Å². The van der Waals surface area contributed by atoms with Crippen LogP contribution in [0.4, 0.5) is 5.69 Å². The third-order valence-corrected chi connectivity index (χ3v) is 4.26. The molecule has 24 heavy (non-hydrogen) atoms. The topological polar surface area (TPSA) is 75.4 Å². The molecule has 2 aromatic rings. The summed E-state index contributed by atoms with van der Waals surface area (Å²) in [6.07, 6.45) is 2.53. The predicted molar refractivity (Wildman–Crippen MR) is 93.9 cm³/mol. The van der Waals surface area contributed by atoms with Crippen LogP contribution in [0.2, 0.25) is 0 Å². The quantitative estimate of drug-likeness (QED) is 0.888. The average molecular weight is 323 g/mol. The summed E-state index contributed by atoms with van der Waals surface area (Å²) in [5, 5.41) is 2.75. The minimum Gasteiger partial charge on any atom is -0.366 e. The van der Waals surface area contributed by atoms with Crippen LogP contribution < -0.4 is 11.1 Å². The van der Waals surface area contributed by atoms with E-state index in [0.29, 0.717) is 16.8 Å². The van der Waals surface area contributed by atoms with Gasteiger partial charge in [0.2, 0.25) is 0 Å². The Balaban J connectivity index is 1.68. The Hall–Kier alpha value is -2.66. The highest BCUT2D eigenvalue weighted by Crippen LogP contribution is 2.17. The van der Waals surface area contributed by atoms with Crippen LogP contribution in [0.25, 0.3) is 0 Å². The molecule has 5 nitrogen and oxygen atoms in total. The molecule has 0 aliphatic carbocycles. The van der Waals surface area contributed by atoms with E-state index >= 15 is 0 Å². The molecule has 2 aromatic carbocycles. The number of carbonyl (C=O) groups excluding carboxylic acids is 2. The zero-order valence-electron chi connectivity index (χ0n) is 13.5. The van der Waals surface area contributed by atoms with Gasteiger partial charge in [-0.25, -0.2) is 0 Å². The van der Waals surface area contributed by atoms with Crippen LogP contribution in [0.5, 0.6) is 0 Å². The third kappa shape index (κ3) is 3.81. The van der Waals surface area contributed by atoms with E-state index in [1.165, 1.54) is 18.4 Å². The molecule has 1 heterocycles. The summed E-state index contributed by atoms with van der Waals surface area (Å²) in [5.41, 5.74) is 7.82. The number of hydrogen-bond donors (Lipinski definition) is 2. The highest BCUT2D eigenvalue weighted by molar-refractivity contribution is 6.08. The number of primary amides is 1. The van der Waals surface area contributed by atoms with Crippen LogP contribution >= 0.6 is 0 Å². The lowest BCUT2D eigenvalue weighted by molar-refractivity contribution is 0.100. The molecule has 3 rings (SSSR count). The molecular weight excluding hydrogens is 302 g/mol. The molecular formula is C19H21N3O2. The van der Waals surface area contributed by atoms with E-state index in [-0.39, 0.29) is 5.91 Å². The number of para-hydroxylation sites is 1. The molecule has 3 N–H and O–H groups in total. The summed E-state index contributed by atoms with van der Waals surface area (Å²) in [5.74, 6) is -0.816. The van der Waals surface area contributed by atoms with Crippen molar-refractivity contribution in [2.24, 2.45) is 5.73 Å². The molecule has 1 aliphatic heterocycles. The van der Waals surface area contributed by atoms with Crippen molar-refractivity contribution in [3.63, 3.8) is 0 Å². The van der Waals surface area contributed by atoms with Crippen LogP contribution in [0.1, 0.15) is 39.1 Å². The minimum absolute atomic E-state index is 0.253. The summed E-state index contributed by atoms with van der Waals surface area (Å²) in [4.78, 5) is 26.2. The Morgan fingerprint density at radius 1 is 1.00 bits per heavy atom. The number of nitrogens with zero attached hydrogens (tertiary/aromatic N) is 1. The van der Waals surface area contributed by atoms with Crippen molar-refractivity contribution in [3.05, 3.63) is 65.2 Å². The normalized spacial score (nSPS) is 14.5. The molecule has 1 aliphatic rings. The van der Waals surface area contributed by atoms with Gasteiger partial charge in [0.25, 0.3) is 11.8 Å². The summed E-state index contributed by atoms with van der Waals surface area (Å²) >= 11 is 0. The first-order valence-electron chi connectivity index (χ1n) is 8.15. The molecule has 0 bridgehead atoms. The fourth-order valence-electron chi connectivity index (χ4n) is 2.96. The lowest BCUT2D eigenvalue weighted by Gasteiger charge is -2.14. The van der Waals surface area contributed by atoms with Crippen LogP contribution in [0.3, 0.4) is 0 Å². The Morgan fingerprint density at radius 2 is 1.67 bits per heavy atom. The molecule has 0 saturated carbocycles. The Labute approximate surface area is 141 Å². The zero-order valence-corrected chi connectivity index (χ0v) is 13.5. The second-order valence-electron chi connectivity index (χ2n) is 6.04. The second-order valence-corrected chi connectivity index (χ2v) is 6.04. The molecule has 0 atom stereocenters. The van der Waals surface area contributed by atoms with Gasteiger partial charge >= 0.3 is 0 Å². The number of benzene rings is 2. The monoisotopic (exact) mass is 323 g/mol. The number of hydrogen-bond acceptors (Lipinski definition) is 3. The largest absolute Gasteiger partial charge is 0.366 e. The lowest BCUT2D eigenvalue weighted by Crippen LogP contribution is -2.19. The number of rotatable bonds is 5. The Morgan fingerprint density at radius 3 is 2.33 bits per heavy atom. The summed E-state index contributed by atoms with van der Waals surface area (Å²) in [6, 6.07) is 14.3. The highest BCUT2D eigenvalue weighted by Gasteiger charge is 2.14. The molecule has 5 heteroatoms. The first-order chi connectivity index (χ1) is 11.6. The van der Waals surface area contributed by atoms with Crippen molar-refractivity contribution in [2.75, 3.05) is 18.4 Å². The van der Waals surface area contributed by atoms with Crippen LogP contribution in [-0.4, -0.2) is 29.8 Å². The lowest BCUT2D eigenvalue weighted by atomic mass is 10.1. The van der Waals surface area contributed by atoms with Crippen molar-refractivity contribution in [1.29, 1.82) is 0 Å². The molecule has 1 saturated heterocycles. The van der Waals surface area contributed by atoms with Gasteiger partial charge in [-0.3, -0.25) is 14.5 Å². The first-order valence-corrected chi connectivity index (χ1v) is 8.15. The van der Waals surface area contributed by atoms with Gasteiger partial charge < -0.3 is 11.1 Å². The van der Waals surface area contributed by atoms with Crippen LogP contribution in [0.15, 0.2) is 48.5 Å². The number of amides is 2. The van der Waals surface area contributed by atoms with Gasteiger partial charge in [0.15, 0.2) is 0 Å². The Bertz CT molecular complexity index is 735.